The average molecular weight is 228 g/mol. The van der Waals surface area contributed by atoms with Crippen LogP contribution in [0.25, 0.3) is 0 Å². The summed E-state index contributed by atoms with van der Waals surface area (Å²) < 4.78 is 0. The molecule has 1 heterocycles. The van der Waals surface area contributed by atoms with Gasteiger partial charge in [0.1, 0.15) is 5.01 Å². The summed E-state index contributed by atoms with van der Waals surface area (Å²) in [4.78, 5) is 27.1. The first-order valence-electron chi connectivity index (χ1n) is 4.43. The Morgan fingerprint density at radius 1 is 1.67 bits per heavy atom. The molecule has 6 heteroatoms. The van der Waals surface area contributed by atoms with Crippen LogP contribution in [0.3, 0.4) is 0 Å². The Kier molecular flexibility index (Phi) is 3.79. The third-order valence-electron chi connectivity index (χ3n) is 1.94. The topological polar surface area (TPSA) is 70.5 Å². The molecule has 0 bridgehead atoms. The number of carbonyl (C=O) groups is 2. The molecule has 1 aromatic rings. The van der Waals surface area contributed by atoms with Crippen molar-refractivity contribution in [3.8, 4) is 0 Å². The zero-order valence-electron chi connectivity index (χ0n) is 8.45. The number of aliphatic carboxylic acids is 1. The van der Waals surface area contributed by atoms with Crippen molar-refractivity contribution in [1.82, 2.24) is 9.88 Å². The van der Waals surface area contributed by atoms with Gasteiger partial charge in [-0.25, -0.2) is 9.78 Å². The minimum absolute atomic E-state index is 0.174. The van der Waals surface area contributed by atoms with Crippen LogP contribution in [-0.2, 0) is 9.59 Å². The van der Waals surface area contributed by atoms with Crippen molar-refractivity contribution in [3.63, 3.8) is 0 Å². The van der Waals surface area contributed by atoms with E-state index in [4.69, 9.17) is 5.11 Å². The van der Waals surface area contributed by atoms with Crippen LogP contribution in [0, 0.1) is 0 Å². The van der Waals surface area contributed by atoms with Gasteiger partial charge in [-0.3, -0.25) is 4.79 Å². The van der Waals surface area contributed by atoms with Gasteiger partial charge in [-0.05, 0) is 13.8 Å². The lowest BCUT2D eigenvalue weighted by atomic mass is 10.2. The molecule has 0 spiro atoms. The van der Waals surface area contributed by atoms with Crippen LogP contribution in [0.2, 0.25) is 0 Å². The van der Waals surface area contributed by atoms with Crippen LogP contribution < -0.4 is 0 Å². The molecule has 1 unspecified atom stereocenters. The lowest BCUT2D eigenvalue weighted by Gasteiger charge is -2.26. The molecule has 0 aliphatic carbocycles. The fraction of sp³-hybridized carbons (Fsp3) is 0.444. The van der Waals surface area contributed by atoms with E-state index in [1.54, 1.807) is 19.2 Å². The van der Waals surface area contributed by atoms with E-state index in [1.165, 1.54) is 22.4 Å². The van der Waals surface area contributed by atoms with Crippen LogP contribution in [0.15, 0.2) is 11.6 Å². The number of nitrogens with zero attached hydrogens (tertiary/aromatic N) is 2. The van der Waals surface area contributed by atoms with Gasteiger partial charge in [0.15, 0.2) is 6.04 Å². The predicted octanol–water partition coefficient (Wildman–Crippen LogP) is 1.14. The Balaban J connectivity index is 3.02. The summed E-state index contributed by atoms with van der Waals surface area (Å²) >= 11 is 1.23. The minimum Gasteiger partial charge on any atom is -0.479 e. The molecule has 0 radical (unpaired) electrons. The summed E-state index contributed by atoms with van der Waals surface area (Å²) in [6.07, 6.45) is 2.07. The molecule has 82 valence electrons. The van der Waals surface area contributed by atoms with Crippen LogP contribution in [0.5, 0.6) is 0 Å². The summed E-state index contributed by atoms with van der Waals surface area (Å²) in [7, 11) is 0. The lowest BCUT2D eigenvalue weighted by molar-refractivity contribution is -0.147. The second-order valence-electron chi connectivity index (χ2n) is 3.26. The van der Waals surface area contributed by atoms with Gasteiger partial charge in [0.2, 0.25) is 6.41 Å². The molecule has 0 saturated carbocycles. The fourth-order valence-electron chi connectivity index (χ4n) is 1.21. The molecule has 1 rings (SSSR count). The highest BCUT2D eigenvalue weighted by Gasteiger charge is 2.30. The second kappa shape index (κ2) is 4.88. The van der Waals surface area contributed by atoms with Crippen molar-refractivity contribution in [3.05, 3.63) is 16.6 Å². The van der Waals surface area contributed by atoms with Crippen LogP contribution >= 0.6 is 11.3 Å². The standard InChI is InChI=1S/C9H12N2O3S/c1-6(2)11(5-12)7(9(13)14)8-10-3-4-15-8/h3-7H,1-2H3,(H,13,14). The van der Waals surface area contributed by atoms with E-state index in [0.29, 0.717) is 11.4 Å². The summed E-state index contributed by atoms with van der Waals surface area (Å²) in [5.74, 6) is -1.06. The van der Waals surface area contributed by atoms with E-state index >= 15 is 0 Å². The van der Waals surface area contributed by atoms with Crippen molar-refractivity contribution in [2.45, 2.75) is 25.9 Å². The summed E-state index contributed by atoms with van der Waals surface area (Å²) in [5, 5.41) is 11.2. The first-order valence-corrected chi connectivity index (χ1v) is 5.30. The molecule has 15 heavy (non-hydrogen) atoms. The number of carboxylic acid groups (broad SMARTS) is 1. The van der Waals surface area contributed by atoms with Crippen molar-refractivity contribution >= 4 is 23.7 Å². The molecule has 1 aromatic heterocycles. The molecular weight excluding hydrogens is 216 g/mol. The Bertz CT molecular complexity index is 337. The summed E-state index contributed by atoms with van der Waals surface area (Å²) in [5.41, 5.74) is 0. The predicted molar refractivity (Wildman–Crippen MR) is 55.5 cm³/mol. The number of aromatic nitrogens is 1. The molecule has 0 aromatic carbocycles. The molecule has 1 amide bonds. The van der Waals surface area contributed by atoms with Gasteiger partial charge < -0.3 is 10.0 Å². The SMILES string of the molecule is CC(C)N(C=O)C(C(=O)O)c1nccs1. The number of carbonyl (C=O) groups excluding carboxylic acids is 1. The maximum absolute atomic E-state index is 11.1. The number of hydrogen-bond donors (Lipinski definition) is 1. The number of amides is 1. The van der Waals surface area contributed by atoms with Crippen molar-refractivity contribution in [2.24, 2.45) is 0 Å². The first-order chi connectivity index (χ1) is 7.07. The van der Waals surface area contributed by atoms with Gasteiger partial charge in [0.05, 0.1) is 0 Å². The van der Waals surface area contributed by atoms with Crippen LogP contribution in [0.4, 0.5) is 0 Å². The van der Waals surface area contributed by atoms with E-state index in [-0.39, 0.29) is 6.04 Å². The zero-order chi connectivity index (χ0) is 11.4. The maximum atomic E-state index is 11.1. The number of thiazole rings is 1. The highest BCUT2D eigenvalue weighted by molar-refractivity contribution is 7.09. The van der Waals surface area contributed by atoms with E-state index in [1.807, 2.05) is 0 Å². The minimum atomic E-state index is -1.06. The molecule has 1 atom stereocenters. The van der Waals surface area contributed by atoms with E-state index in [0.717, 1.165) is 0 Å². The molecule has 0 aliphatic heterocycles. The Morgan fingerprint density at radius 3 is 2.67 bits per heavy atom. The number of rotatable bonds is 5. The summed E-state index contributed by atoms with van der Waals surface area (Å²) in [6, 6.07) is -1.16. The summed E-state index contributed by atoms with van der Waals surface area (Å²) in [6.45, 7) is 3.52. The number of carboxylic acids is 1. The van der Waals surface area contributed by atoms with E-state index in [9.17, 15) is 9.59 Å². The average Bonchev–Trinajstić information content (AvgIpc) is 2.64. The van der Waals surface area contributed by atoms with Gasteiger partial charge in [0.25, 0.3) is 0 Å². The molecular formula is C9H12N2O3S. The fourth-order valence-corrected chi connectivity index (χ4v) is 1.95. The van der Waals surface area contributed by atoms with Gasteiger partial charge in [-0.15, -0.1) is 11.3 Å². The molecule has 1 N–H and O–H groups in total. The smallest absolute Gasteiger partial charge is 0.333 e. The number of hydrogen-bond acceptors (Lipinski definition) is 4. The van der Waals surface area contributed by atoms with Crippen LogP contribution in [0.1, 0.15) is 24.9 Å². The van der Waals surface area contributed by atoms with E-state index < -0.39 is 12.0 Å². The third kappa shape index (κ3) is 2.53. The van der Waals surface area contributed by atoms with Gasteiger partial charge in [-0.1, -0.05) is 0 Å². The molecule has 0 saturated heterocycles. The normalized spacial score (nSPS) is 12.5. The Morgan fingerprint density at radius 2 is 2.33 bits per heavy atom. The van der Waals surface area contributed by atoms with Crippen molar-refractivity contribution < 1.29 is 14.7 Å². The molecule has 0 fully saturated rings. The van der Waals surface area contributed by atoms with Crippen molar-refractivity contribution in [1.29, 1.82) is 0 Å². The van der Waals surface area contributed by atoms with Gasteiger partial charge >= 0.3 is 5.97 Å². The highest BCUT2D eigenvalue weighted by Crippen LogP contribution is 2.23. The maximum Gasteiger partial charge on any atom is 0.333 e. The Hall–Kier alpha value is -1.43. The van der Waals surface area contributed by atoms with Gasteiger partial charge in [0, 0.05) is 17.6 Å². The quantitative estimate of drug-likeness (QED) is 0.767. The molecule has 5 nitrogen and oxygen atoms in total. The van der Waals surface area contributed by atoms with E-state index in [2.05, 4.69) is 4.98 Å². The van der Waals surface area contributed by atoms with Gasteiger partial charge in [-0.2, -0.15) is 0 Å². The van der Waals surface area contributed by atoms with Crippen LogP contribution in [-0.4, -0.2) is 33.4 Å². The largest absolute Gasteiger partial charge is 0.479 e. The monoisotopic (exact) mass is 228 g/mol. The zero-order valence-corrected chi connectivity index (χ0v) is 9.27. The first kappa shape index (κ1) is 11.6. The molecule has 0 aliphatic rings. The highest BCUT2D eigenvalue weighted by atomic mass is 32.1. The second-order valence-corrected chi connectivity index (χ2v) is 4.18. The third-order valence-corrected chi connectivity index (χ3v) is 2.76. The van der Waals surface area contributed by atoms with Crippen molar-refractivity contribution in [2.75, 3.05) is 0 Å². The Labute approximate surface area is 91.4 Å². The lowest BCUT2D eigenvalue weighted by Crippen LogP contribution is -2.37.